The van der Waals surface area contributed by atoms with Crippen LogP contribution in [0.5, 0.6) is 0 Å². The number of carbonyl (C=O) groups is 1. The van der Waals surface area contributed by atoms with Crippen LogP contribution in [0.25, 0.3) is 0 Å². The van der Waals surface area contributed by atoms with E-state index in [0.29, 0.717) is 28.8 Å². The van der Waals surface area contributed by atoms with Crippen LogP contribution in [0, 0.1) is 0 Å². The van der Waals surface area contributed by atoms with Crippen molar-refractivity contribution in [3.63, 3.8) is 0 Å². The van der Waals surface area contributed by atoms with Gasteiger partial charge >= 0.3 is 6.03 Å². The quantitative estimate of drug-likeness (QED) is 0.802. The lowest BCUT2D eigenvalue weighted by Gasteiger charge is -2.20. The highest BCUT2D eigenvalue weighted by atomic mass is 35.5. The molecule has 0 radical (unpaired) electrons. The maximum absolute atomic E-state index is 11.7. The zero-order valence-corrected chi connectivity index (χ0v) is 11.6. The Labute approximate surface area is 120 Å². The van der Waals surface area contributed by atoms with Gasteiger partial charge in [-0.1, -0.05) is 23.2 Å². The molecule has 0 aliphatic carbocycles. The maximum Gasteiger partial charge on any atom is 0.319 e. The van der Waals surface area contributed by atoms with E-state index in [1.54, 1.807) is 18.2 Å². The number of carbonyl (C=O) groups excluding carboxylic acids is 1. The molecule has 7 heteroatoms. The number of ether oxygens (including phenoxy) is 1. The van der Waals surface area contributed by atoms with E-state index in [4.69, 9.17) is 27.9 Å². The van der Waals surface area contributed by atoms with Crippen LogP contribution in [-0.4, -0.2) is 36.5 Å². The molecule has 1 fully saturated rings. The smallest absolute Gasteiger partial charge is 0.319 e. The summed E-state index contributed by atoms with van der Waals surface area (Å²) in [5.41, 5.74) is -0.573. The van der Waals surface area contributed by atoms with Gasteiger partial charge in [0.15, 0.2) is 0 Å². The minimum atomic E-state index is -0.991. The molecule has 5 nitrogen and oxygen atoms in total. The maximum atomic E-state index is 11.7. The molecule has 1 aromatic rings. The van der Waals surface area contributed by atoms with Crippen molar-refractivity contribution in [2.45, 2.75) is 12.0 Å². The van der Waals surface area contributed by atoms with Crippen LogP contribution < -0.4 is 10.6 Å². The monoisotopic (exact) mass is 304 g/mol. The molecule has 1 atom stereocenters. The Morgan fingerprint density at radius 3 is 2.95 bits per heavy atom. The molecule has 3 N–H and O–H groups in total. The lowest BCUT2D eigenvalue weighted by molar-refractivity contribution is 0.0295. The van der Waals surface area contributed by atoms with Crippen molar-refractivity contribution in [3.8, 4) is 0 Å². The number of rotatable bonds is 3. The molecule has 0 aromatic heterocycles. The second kappa shape index (κ2) is 5.96. The molecule has 0 saturated carbocycles. The zero-order valence-electron chi connectivity index (χ0n) is 10.1. The van der Waals surface area contributed by atoms with E-state index in [-0.39, 0.29) is 13.2 Å². The van der Waals surface area contributed by atoms with Crippen molar-refractivity contribution in [3.05, 3.63) is 28.2 Å². The first kappa shape index (κ1) is 14.4. The normalized spacial score (nSPS) is 22.3. The highest BCUT2D eigenvalue weighted by molar-refractivity contribution is 6.35. The number of amides is 2. The summed E-state index contributed by atoms with van der Waals surface area (Å²) in [5, 5.41) is 16.0. The van der Waals surface area contributed by atoms with E-state index < -0.39 is 11.6 Å². The number of nitrogens with one attached hydrogen (secondary N) is 2. The second-order valence-corrected chi connectivity index (χ2v) is 5.30. The summed E-state index contributed by atoms with van der Waals surface area (Å²) in [7, 11) is 0. The molecule has 0 bridgehead atoms. The van der Waals surface area contributed by atoms with Gasteiger partial charge in [-0.2, -0.15) is 0 Å². The Hall–Kier alpha value is -1.01. The first-order valence-electron chi connectivity index (χ1n) is 5.79. The Morgan fingerprint density at radius 2 is 2.26 bits per heavy atom. The van der Waals surface area contributed by atoms with Crippen molar-refractivity contribution in [2.24, 2.45) is 0 Å². The zero-order chi connectivity index (χ0) is 13.9. The fraction of sp³-hybridized carbons (Fsp3) is 0.417. The third-order valence-corrected chi connectivity index (χ3v) is 3.40. The van der Waals surface area contributed by atoms with Crippen LogP contribution >= 0.6 is 23.2 Å². The first-order chi connectivity index (χ1) is 8.98. The number of hydrogen-bond donors (Lipinski definition) is 3. The highest BCUT2D eigenvalue weighted by Crippen LogP contribution is 2.25. The van der Waals surface area contributed by atoms with E-state index >= 15 is 0 Å². The van der Waals surface area contributed by atoms with Crippen molar-refractivity contribution in [1.29, 1.82) is 0 Å². The van der Waals surface area contributed by atoms with Gasteiger partial charge in [-0.25, -0.2) is 4.79 Å². The van der Waals surface area contributed by atoms with Crippen molar-refractivity contribution >= 4 is 34.9 Å². The predicted molar refractivity (Wildman–Crippen MR) is 73.9 cm³/mol. The van der Waals surface area contributed by atoms with E-state index in [1.807, 2.05) is 0 Å². The third kappa shape index (κ3) is 3.98. The molecule has 1 heterocycles. The standard InChI is InChI=1S/C12H14Cl2N2O3/c13-8-1-2-9(14)10(5-8)16-11(17)15-6-12(18)3-4-19-7-12/h1-2,5,18H,3-4,6-7H2,(H2,15,16,17). The molecule has 0 spiro atoms. The van der Waals surface area contributed by atoms with Gasteiger partial charge in [0, 0.05) is 18.1 Å². The number of benzene rings is 1. The van der Waals surface area contributed by atoms with Crippen molar-refractivity contribution in [2.75, 3.05) is 25.1 Å². The summed E-state index contributed by atoms with van der Waals surface area (Å²) in [6, 6.07) is 4.32. The molecular weight excluding hydrogens is 291 g/mol. The fourth-order valence-corrected chi connectivity index (χ4v) is 2.08. The molecule has 2 amide bonds. The van der Waals surface area contributed by atoms with E-state index in [9.17, 15) is 9.90 Å². The highest BCUT2D eigenvalue weighted by Gasteiger charge is 2.32. The van der Waals surface area contributed by atoms with Crippen LogP contribution in [0.4, 0.5) is 10.5 Å². The molecule has 2 rings (SSSR count). The largest absolute Gasteiger partial charge is 0.386 e. The molecule has 1 aromatic carbocycles. The number of hydrogen-bond acceptors (Lipinski definition) is 3. The summed E-state index contributed by atoms with van der Waals surface area (Å²) >= 11 is 11.7. The van der Waals surface area contributed by atoms with Crippen LogP contribution in [0.3, 0.4) is 0 Å². The molecule has 104 valence electrons. The summed E-state index contributed by atoms with van der Waals surface area (Å²) in [5.74, 6) is 0. The topological polar surface area (TPSA) is 70.6 Å². The van der Waals surface area contributed by atoms with Gasteiger partial charge in [0.2, 0.25) is 0 Å². The van der Waals surface area contributed by atoms with Gasteiger partial charge in [0.25, 0.3) is 0 Å². The lowest BCUT2D eigenvalue weighted by atomic mass is 10.0. The van der Waals surface area contributed by atoms with Crippen LogP contribution in [0.2, 0.25) is 10.0 Å². The number of anilines is 1. The minimum absolute atomic E-state index is 0.122. The van der Waals surface area contributed by atoms with E-state index in [2.05, 4.69) is 10.6 Å². The minimum Gasteiger partial charge on any atom is -0.386 e. The first-order valence-corrected chi connectivity index (χ1v) is 6.54. The second-order valence-electron chi connectivity index (χ2n) is 4.46. The molecule has 1 saturated heterocycles. The van der Waals surface area contributed by atoms with Gasteiger partial charge in [0.1, 0.15) is 5.60 Å². The lowest BCUT2D eigenvalue weighted by Crippen LogP contribution is -2.44. The molecule has 1 aliphatic heterocycles. The number of aliphatic hydroxyl groups is 1. The molecular formula is C12H14Cl2N2O3. The fourth-order valence-electron chi connectivity index (χ4n) is 1.74. The van der Waals surface area contributed by atoms with Gasteiger partial charge < -0.3 is 20.5 Å². The van der Waals surface area contributed by atoms with Gasteiger partial charge in [-0.05, 0) is 18.2 Å². The summed E-state index contributed by atoms with van der Waals surface area (Å²) < 4.78 is 5.09. The molecule has 1 aliphatic rings. The van der Waals surface area contributed by atoms with E-state index in [0.717, 1.165) is 0 Å². The summed E-state index contributed by atoms with van der Waals surface area (Å²) in [6.07, 6.45) is 0.505. The Morgan fingerprint density at radius 1 is 1.47 bits per heavy atom. The SMILES string of the molecule is O=C(NCC1(O)CCOC1)Nc1cc(Cl)ccc1Cl. The predicted octanol–water partition coefficient (Wildman–Crippen LogP) is 2.27. The van der Waals surface area contributed by atoms with Gasteiger partial charge in [-0.3, -0.25) is 0 Å². The van der Waals surface area contributed by atoms with E-state index in [1.165, 1.54) is 0 Å². The Kier molecular flexibility index (Phi) is 4.52. The molecule has 1 unspecified atom stereocenters. The van der Waals surface area contributed by atoms with Crippen molar-refractivity contribution in [1.82, 2.24) is 5.32 Å². The van der Waals surface area contributed by atoms with Gasteiger partial charge in [0.05, 0.1) is 23.9 Å². The Balaban J connectivity index is 1.89. The average Bonchev–Trinajstić information content (AvgIpc) is 2.79. The van der Waals surface area contributed by atoms with Crippen LogP contribution in [0.1, 0.15) is 6.42 Å². The average molecular weight is 305 g/mol. The van der Waals surface area contributed by atoms with Crippen LogP contribution in [-0.2, 0) is 4.74 Å². The summed E-state index contributed by atoms with van der Waals surface area (Å²) in [6.45, 7) is 0.849. The van der Waals surface area contributed by atoms with Crippen LogP contribution in [0.15, 0.2) is 18.2 Å². The summed E-state index contributed by atoms with van der Waals surface area (Å²) in [4.78, 5) is 11.7. The number of halogens is 2. The van der Waals surface area contributed by atoms with Gasteiger partial charge in [-0.15, -0.1) is 0 Å². The van der Waals surface area contributed by atoms with Crippen molar-refractivity contribution < 1.29 is 14.6 Å². The molecule has 19 heavy (non-hydrogen) atoms. The number of urea groups is 1. The Bertz CT molecular complexity index is 476. The third-order valence-electron chi connectivity index (χ3n) is 2.84.